The number of nitrogens with zero attached hydrogens (tertiary/aromatic N) is 4. The second kappa shape index (κ2) is 14.9. The highest BCUT2D eigenvalue weighted by molar-refractivity contribution is 6.32. The van der Waals surface area contributed by atoms with Gasteiger partial charge in [-0.25, -0.2) is 0 Å². The van der Waals surface area contributed by atoms with Crippen molar-refractivity contribution in [2.75, 3.05) is 20.0 Å². The van der Waals surface area contributed by atoms with Crippen molar-refractivity contribution in [3.05, 3.63) is 132 Å². The molecule has 0 saturated heterocycles. The topological polar surface area (TPSA) is 141 Å². The van der Waals surface area contributed by atoms with Gasteiger partial charge in [0.25, 0.3) is 0 Å². The zero-order chi connectivity index (χ0) is 34.2. The van der Waals surface area contributed by atoms with E-state index >= 15 is 0 Å². The molecule has 11 heteroatoms. The molecule has 0 aliphatic carbocycles. The van der Waals surface area contributed by atoms with Crippen LogP contribution >= 0.6 is 11.6 Å². The van der Waals surface area contributed by atoms with Gasteiger partial charge in [-0.2, -0.15) is 10.4 Å². The number of halogens is 1. The lowest BCUT2D eigenvalue weighted by molar-refractivity contribution is 0.413. The van der Waals surface area contributed by atoms with Gasteiger partial charge in [0, 0.05) is 29.7 Å². The van der Waals surface area contributed by atoms with Crippen LogP contribution in [0.2, 0.25) is 5.02 Å². The Kier molecular flexibility index (Phi) is 9.84. The predicted molar refractivity (Wildman–Crippen MR) is 189 cm³/mol. The number of fused-ring (bicyclic) bond motifs is 1. The molecule has 0 radical (unpaired) electrons. The van der Waals surface area contributed by atoms with Crippen LogP contribution in [0.15, 0.2) is 122 Å². The van der Waals surface area contributed by atoms with E-state index in [2.05, 4.69) is 26.2 Å². The van der Waals surface area contributed by atoms with Gasteiger partial charge in [-0.1, -0.05) is 35.9 Å². The third-order valence-electron chi connectivity index (χ3n) is 7.43. The van der Waals surface area contributed by atoms with Crippen molar-refractivity contribution in [1.82, 2.24) is 20.2 Å². The van der Waals surface area contributed by atoms with E-state index in [-0.39, 0.29) is 0 Å². The highest BCUT2D eigenvalue weighted by Crippen LogP contribution is 2.33. The Labute approximate surface area is 287 Å². The summed E-state index contributed by atoms with van der Waals surface area (Å²) in [6.45, 7) is 0. The molecule has 0 fully saturated rings. The van der Waals surface area contributed by atoms with Gasteiger partial charge in [0.2, 0.25) is 0 Å². The maximum atomic E-state index is 9.26. The Morgan fingerprint density at radius 1 is 0.612 bits per heavy atom. The first-order valence-electron chi connectivity index (χ1n) is 14.9. The van der Waals surface area contributed by atoms with Crippen LogP contribution in [-0.4, -0.2) is 34.4 Å². The summed E-state index contributed by atoms with van der Waals surface area (Å²) in [5, 5.41) is 17.4. The Balaban J connectivity index is 0.000000170. The first-order valence-corrected chi connectivity index (χ1v) is 15.3. The highest BCUT2D eigenvalue weighted by atomic mass is 35.5. The molecule has 0 aliphatic rings. The number of aromatic amines is 1. The fourth-order valence-electron chi connectivity index (χ4n) is 4.95. The van der Waals surface area contributed by atoms with Crippen LogP contribution in [0.5, 0.6) is 34.5 Å². The highest BCUT2D eigenvalue weighted by Gasteiger charge is 2.11. The van der Waals surface area contributed by atoms with Crippen molar-refractivity contribution in [1.29, 1.82) is 5.26 Å². The summed E-state index contributed by atoms with van der Waals surface area (Å²) in [4.78, 5) is 8.29. The van der Waals surface area contributed by atoms with Crippen molar-refractivity contribution >= 4 is 28.3 Å². The third kappa shape index (κ3) is 7.54. The largest absolute Gasteiger partial charge is 0.497 e. The van der Waals surface area contributed by atoms with Crippen LogP contribution in [0.3, 0.4) is 0 Å². The molecular weight excluding hydrogens is 640 g/mol. The predicted octanol–water partition coefficient (Wildman–Crippen LogP) is 9.08. The molecular formula is C38H29ClN6O4. The monoisotopic (exact) mass is 668 g/mol. The van der Waals surface area contributed by atoms with Crippen molar-refractivity contribution < 1.29 is 18.9 Å². The molecule has 10 nitrogen and oxygen atoms in total. The van der Waals surface area contributed by atoms with Gasteiger partial charge in [-0.05, 0) is 83.9 Å². The van der Waals surface area contributed by atoms with E-state index in [1.807, 2.05) is 97.1 Å². The van der Waals surface area contributed by atoms with Gasteiger partial charge >= 0.3 is 0 Å². The summed E-state index contributed by atoms with van der Waals surface area (Å²) in [6.07, 6.45) is 6.59. The van der Waals surface area contributed by atoms with Gasteiger partial charge in [0.15, 0.2) is 5.82 Å². The summed E-state index contributed by atoms with van der Waals surface area (Å²) >= 11 is 6.02. The molecule has 7 rings (SSSR count). The number of anilines is 1. The summed E-state index contributed by atoms with van der Waals surface area (Å²) in [5.41, 5.74) is 10.7. The number of nitrogens with one attached hydrogen (secondary N) is 1. The second-order valence-electron chi connectivity index (χ2n) is 10.5. The van der Waals surface area contributed by atoms with Crippen LogP contribution in [-0.2, 0) is 0 Å². The fourth-order valence-corrected chi connectivity index (χ4v) is 5.15. The first-order chi connectivity index (χ1) is 23.9. The molecule has 242 valence electrons. The van der Waals surface area contributed by atoms with E-state index in [4.69, 9.17) is 36.3 Å². The number of aromatic nitrogens is 4. The number of H-pyrrole nitrogens is 1. The molecule has 7 aromatic rings. The number of hydrogen-bond donors (Lipinski definition) is 2. The SMILES string of the molecule is COc1ccc(Oc2ccc(-c3cncc(Cl)c3C#N)cc2)cc1.COc1ccc(Oc2ccc(-c3cncc4[nH]nc(N)c34)cc2)cc1. The second-order valence-corrected chi connectivity index (χ2v) is 10.9. The molecule has 3 heterocycles. The number of hydrogen-bond acceptors (Lipinski definition) is 9. The van der Waals surface area contributed by atoms with Gasteiger partial charge in [-0.15, -0.1) is 0 Å². The molecule has 0 unspecified atom stereocenters. The number of nitrogens with two attached hydrogens (primary N) is 1. The molecule has 0 bridgehead atoms. The van der Waals surface area contributed by atoms with E-state index in [9.17, 15) is 5.26 Å². The molecule has 0 amide bonds. The Bertz CT molecular complexity index is 2220. The molecule has 4 aromatic carbocycles. The van der Waals surface area contributed by atoms with Gasteiger partial charge in [0.05, 0.1) is 41.9 Å². The number of methoxy groups -OCH3 is 2. The number of rotatable bonds is 8. The van der Waals surface area contributed by atoms with Crippen LogP contribution < -0.4 is 24.7 Å². The zero-order valence-corrected chi connectivity index (χ0v) is 27.2. The number of nitrogen functional groups attached to an aromatic ring is 1. The number of ether oxygens (including phenoxy) is 4. The quantitative estimate of drug-likeness (QED) is 0.162. The Morgan fingerprint density at radius 2 is 1.04 bits per heavy atom. The van der Waals surface area contributed by atoms with E-state index in [0.29, 0.717) is 33.5 Å². The van der Waals surface area contributed by atoms with Crippen molar-refractivity contribution in [2.45, 2.75) is 0 Å². The van der Waals surface area contributed by atoms with Crippen LogP contribution in [0.25, 0.3) is 33.2 Å². The lowest BCUT2D eigenvalue weighted by Gasteiger charge is -2.09. The molecule has 0 saturated carbocycles. The minimum atomic E-state index is 0.341. The molecule has 3 aromatic heterocycles. The lowest BCUT2D eigenvalue weighted by atomic mass is 10.0. The molecule has 0 spiro atoms. The third-order valence-corrected chi connectivity index (χ3v) is 7.72. The maximum Gasteiger partial charge on any atom is 0.153 e. The average Bonchev–Trinajstić information content (AvgIpc) is 3.54. The Hall–Kier alpha value is -6.57. The normalized spacial score (nSPS) is 10.4. The minimum absolute atomic E-state index is 0.341. The standard InChI is InChI=1S/C19H13ClN2O2.C19H16N4O2/c1-23-14-6-8-16(9-7-14)24-15-4-2-13(3-5-15)18-11-22-12-19(20)17(18)10-21;1-24-13-6-8-15(9-7-13)25-14-4-2-12(3-5-14)16-10-21-11-17-18(16)19(20)23-22-17/h2-9,11-12H,1H3;2-11H,1H3,(H3,20,22,23). The van der Waals surface area contributed by atoms with Crippen molar-refractivity contribution in [3.63, 3.8) is 0 Å². The van der Waals surface area contributed by atoms with E-state index in [1.165, 1.54) is 6.20 Å². The van der Waals surface area contributed by atoms with E-state index in [0.717, 1.165) is 50.6 Å². The van der Waals surface area contributed by atoms with Crippen LogP contribution in [0.4, 0.5) is 5.82 Å². The Morgan fingerprint density at radius 3 is 1.53 bits per heavy atom. The van der Waals surface area contributed by atoms with Crippen molar-refractivity contribution in [2.24, 2.45) is 0 Å². The fraction of sp³-hybridized carbons (Fsp3) is 0.0526. The molecule has 0 atom stereocenters. The molecule has 49 heavy (non-hydrogen) atoms. The summed E-state index contributed by atoms with van der Waals surface area (Å²) in [7, 11) is 3.26. The van der Waals surface area contributed by atoms with Gasteiger partial charge in [-0.3, -0.25) is 15.1 Å². The molecule has 0 aliphatic heterocycles. The van der Waals surface area contributed by atoms with Gasteiger partial charge in [0.1, 0.15) is 40.6 Å². The maximum absolute atomic E-state index is 9.26. The van der Waals surface area contributed by atoms with Crippen LogP contribution in [0, 0.1) is 11.3 Å². The van der Waals surface area contributed by atoms with Crippen molar-refractivity contribution in [3.8, 4) is 62.8 Å². The molecule has 3 N–H and O–H groups in total. The number of benzene rings is 4. The zero-order valence-electron chi connectivity index (χ0n) is 26.4. The minimum Gasteiger partial charge on any atom is -0.497 e. The summed E-state index contributed by atoms with van der Waals surface area (Å²) in [6, 6.07) is 32.1. The van der Waals surface area contributed by atoms with Gasteiger partial charge < -0.3 is 24.7 Å². The average molecular weight is 669 g/mol. The first kappa shape index (κ1) is 32.4. The lowest BCUT2D eigenvalue weighted by Crippen LogP contribution is -1.89. The van der Waals surface area contributed by atoms with Crippen LogP contribution in [0.1, 0.15) is 5.56 Å². The smallest absolute Gasteiger partial charge is 0.153 e. The summed E-state index contributed by atoms with van der Waals surface area (Å²) < 4.78 is 21.9. The summed E-state index contributed by atoms with van der Waals surface area (Å²) in [5.74, 6) is 4.93. The van der Waals surface area contributed by atoms with E-state index in [1.54, 1.807) is 32.8 Å². The van der Waals surface area contributed by atoms with E-state index < -0.39 is 0 Å². The number of nitriles is 1. The number of pyridine rings is 2.